The van der Waals surface area contributed by atoms with Crippen LogP contribution in [0, 0.1) is 0 Å². The zero-order valence-electron chi connectivity index (χ0n) is 19.1. The second-order valence-electron chi connectivity index (χ2n) is 7.45. The van der Waals surface area contributed by atoms with Gasteiger partial charge in [0.05, 0.1) is 13.1 Å². The van der Waals surface area contributed by atoms with Crippen LogP contribution in [-0.4, -0.2) is 62.7 Å². The van der Waals surface area contributed by atoms with Crippen LogP contribution in [0.15, 0.2) is 59.0 Å². The smallest absolute Gasteiger partial charge is 0.475 e. The molecule has 1 aromatic carbocycles. The number of alkyl halides is 3. The fourth-order valence-corrected chi connectivity index (χ4v) is 2.73. The molecular weight excluding hydrogens is 493 g/mol. The van der Waals surface area contributed by atoms with Gasteiger partial charge in [-0.25, -0.2) is 14.6 Å². The van der Waals surface area contributed by atoms with E-state index in [1.54, 1.807) is 6.20 Å². The van der Waals surface area contributed by atoms with Gasteiger partial charge in [0.15, 0.2) is 0 Å². The minimum atomic E-state index is -5.08. The van der Waals surface area contributed by atoms with Crippen molar-refractivity contribution in [1.29, 1.82) is 0 Å². The van der Waals surface area contributed by atoms with Gasteiger partial charge >= 0.3 is 17.8 Å². The Morgan fingerprint density at radius 2 is 1.72 bits per heavy atom. The lowest BCUT2D eigenvalue weighted by Crippen LogP contribution is -2.27. The minimum absolute atomic E-state index is 0.162. The van der Waals surface area contributed by atoms with Gasteiger partial charge in [0.25, 0.3) is 6.08 Å². The molecule has 3 aromatic rings. The van der Waals surface area contributed by atoms with E-state index in [1.165, 1.54) is 0 Å². The third-order valence-corrected chi connectivity index (χ3v) is 4.59. The second-order valence-corrected chi connectivity index (χ2v) is 7.45. The molecule has 0 saturated carbocycles. The lowest BCUT2D eigenvalue weighted by molar-refractivity contribution is -0.192. The monoisotopic (exact) mass is 515 g/mol. The summed E-state index contributed by atoms with van der Waals surface area (Å²) in [7, 11) is 3.84. The molecule has 10 nitrogen and oxygen atoms in total. The largest absolute Gasteiger partial charge is 0.490 e. The highest BCUT2D eigenvalue weighted by molar-refractivity contribution is 5.73. The topological polar surface area (TPSA) is 132 Å². The Kier molecular flexibility index (Phi) is 9.38. The number of tetrazole rings is 1. The van der Waals surface area contributed by atoms with Crippen molar-refractivity contribution in [2.45, 2.75) is 19.3 Å². The van der Waals surface area contributed by atoms with Crippen molar-refractivity contribution >= 4 is 11.8 Å². The number of benzene rings is 1. The summed E-state index contributed by atoms with van der Waals surface area (Å²) in [6.07, 6.45) is -5.21. The Morgan fingerprint density at radius 3 is 2.22 bits per heavy atom. The molecule has 0 amide bonds. The summed E-state index contributed by atoms with van der Waals surface area (Å²) < 4.78 is 59.3. The van der Waals surface area contributed by atoms with E-state index in [4.69, 9.17) is 15.6 Å². The van der Waals surface area contributed by atoms with Crippen molar-refractivity contribution in [1.82, 2.24) is 24.8 Å². The Labute approximate surface area is 201 Å². The van der Waals surface area contributed by atoms with Crippen LogP contribution < -0.4 is 16.3 Å². The van der Waals surface area contributed by atoms with Gasteiger partial charge in [0.2, 0.25) is 0 Å². The number of aromatic nitrogens is 5. The molecule has 0 spiro atoms. The van der Waals surface area contributed by atoms with Crippen LogP contribution >= 0.6 is 0 Å². The first kappa shape index (κ1) is 28.1. The van der Waals surface area contributed by atoms with Gasteiger partial charge in [-0.05, 0) is 39.8 Å². The van der Waals surface area contributed by atoms with Crippen molar-refractivity contribution in [2.24, 2.45) is 5.73 Å². The molecule has 194 valence electrons. The van der Waals surface area contributed by atoms with E-state index in [-0.39, 0.29) is 25.2 Å². The third-order valence-electron chi connectivity index (χ3n) is 4.59. The first-order chi connectivity index (χ1) is 16.8. The average Bonchev–Trinajstić information content (AvgIpc) is 3.16. The van der Waals surface area contributed by atoms with Crippen molar-refractivity contribution < 1.29 is 31.9 Å². The maximum absolute atomic E-state index is 12.8. The van der Waals surface area contributed by atoms with E-state index >= 15 is 0 Å². The molecule has 0 unspecified atom stereocenters. The van der Waals surface area contributed by atoms with Gasteiger partial charge in [-0.3, -0.25) is 0 Å². The van der Waals surface area contributed by atoms with Crippen LogP contribution in [0.3, 0.4) is 0 Å². The first-order valence-electron chi connectivity index (χ1n) is 10.1. The van der Waals surface area contributed by atoms with E-state index in [0.717, 1.165) is 31.9 Å². The summed E-state index contributed by atoms with van der Waals surface area (Å²) in [4.78, 5) is 27.6. The molecule has 0 aliphatic heterocycles. The highest BCUT2D eigenvalue weighted by atomic mass is 19.4. The fourth-order valence-electron chi connectivity index (χ4n) is 2.73. The molecule has 3 N–H and O–H groups in total. The summed E-state index contributed by atoms with van der Waals surface area (Å²) in [6, 6.07) is 11.5. The van der Waals surface area contributed by atoms with Crippen molar-refractivity contribution in [3.63, 3.8) is 0 Å². The third kappa shape index (κ3) is 7.69. The molecule has 0 saturated heterocycles. The summed E-state index contributed by atoms with van der Waals surface area (Å²) in [5.74, 6) is -1.91. The van der Waals surface area contributed by atoms with E-state index in [1.807, 2.05) is 55.4 Å². The number of pyridine rings is 1. The van der Waals surface area contributed by atoms with Crippen LogP contribution in [0.25, 0.3) is 11.1 Å². The molecular formula is C21H22F5N7O3. The number of aliphatic carboxylic acids is 1. The lowest BCUT2D eigenvalue weighted by atomic mass is 10.0. The molecule has 3 rings (SSSR count). The minimum Gasteiger partial charge on any atom is -0.475 e. The first-order valence-corrected chi connectivity index (χ1v) is 10.1. The number of halogens is 5. The highest BCUT2D eigenvalue weighted by Crippen LogP contribution is 2.21. The Hall–Kier alpha value is -4.14. The Bertz CT molecular complexity index is 1260. The average molecular weight is 515 g/mol. The van der Waals surface area contributed by atoms with Gasteiger partial charge in [-0.2, -0.15) is 31.3 Å². The van der Waals surface area contributed by atoms with Crippen molar-refractivity contribution in [2.75, 3.05) is 25.5 Å². The molecule has 0 atom stereocenters. The summed E-state index contributed by atoms with van der Waals surface area (Å²) >= 11 is 0. The zero-order valence-corrected chi connectivity index (χ0v) is 19.1. The van der Waals surface area contributed by atoms with Crippen LogP contribution in [0.1, 0.15) is 5.56 Å². The van der Waals surface area contributed by atoms with Crippen LogP contribution in [0.2, 0.25) is 0 Å². The molecule has 2 heterocycles. The molecule has 0 aliphatic rings. The zero-order chi connectivity index (χ0) is 27.0. The highest BCUT2D eigenvalue weighted by Gasteiger charge is 2.38. The molecule has 15 heteroatoms. The number of anilines is 1. The normalized spacial score (nSPS) is 10.9. The number of nitrogens with two attached hydrogens (primary N) is 1. The predicted octanol–water partition coefficient (Wildman–Crippen LogP) is 2.36. The van der Waals surface area contributed by atoms with E-state index in [9.17, 15) is 26.7 Å². The standard InChI is InChI=1S/C19H21F2N7O.C2HF3O2/c1-26(2)17-7-6-15(10-23-17)14-5-3-4-13(8-14)11-27-19(29)28(25-24-27)12-16(9-22)18(20)21;3-2(4,5)1(6)7/h3-8,10H,9,11-12,22H2,1-2H3;(H,6,7). The Morgan fingerprint density at radius 1 is 1.08 bits per heavy atom. The van der Waals surface area contributed by atoms with Gasteiger partial charge in [0, 0.05) is 38.0 Å². The van der Waals surface area contributed by atoms with E-state index < -0.39 is 23.9 Å². The summed E-state index contributed by atoms with van der Waals surface area (Å²) in [5.41, 5.74) is 7.04. The van der Waals surface area contributed by atoms with Gasteiger partial charge in [0.1, 0.15) is 5.82 Å². The van der Waals surface area contributed by atoms with Crippen LogP contribution in [0.4, 0.5) is 27.8 Å². The molecule has 0 fully saturated rings. The van der Waals surface area contributed by atoms with Crippen LogP contribution in [0.5, 0.6) is 0 Å². The molecule has 36 heavy (non-hydrogen) atoms. The quantitative estimate of drug-likeness (QED) is 0.459. The number of carboxylic acids is 1. The van der Waals surface area contributed by atoms with Crippen molar-refractivity contribution in [3.8, 4) is 11.1 Å². The van der Waals surface area contributed by atoms with E-state index in [2.05, 4.69) is 15.4 Å². The lowest BCUT2D eigenvalue weighted by Gasteiger charge is -2.11. The molecule has 0 bridgehead atoms. The van der Waals surface area contributed by atoms with Gasteiger partial charge in [-0.15, -0.1) is 0 Å². The number of nitrogens with zero attached hydrogens (tertiary/aromatic N) is 6. The SMILES string of the molecule is CN(C)c1ccc(-c2cccc(Cn3nnn(CC(CN)=C(F)F)c3=O)c2)cn1.O=C(O)C(F)(F)F. The number of rotatable bonds is 7. The maximum atomic E-state index is 12.8. The molecule has 0 aliphatic carbocycles. The fraction of sp³-hybridized carbons (Fsp3) is 0.286. The van der Waals surface area contributed by atoms with Gasteiger partial charge < -0.3 is 15.7 Å². The van der Waals surface area contributed by atoms with Gasteiger partial charge in [-0.1, -0.05) is 18.2 Å². The summed E-state index contributed by atoms with van der Waals surface area (Å²) in [6.45, 7) is -0.582. The second kappa shape index (κ2) is 12.0. The number of hydrogen-bond donors (Lipinski definition) is 2. The number of hydrogen-bond acceptors (Lipinski definition) is 7. The molecule has 2 aromatic heterocycles. The maximum Gasteiger partial charge on any atom is 0.490 e. The number of carbonyl (C=O) groups is 1. The number of carboxylic acid groups (broad SMARTS) is 1. The van der Waals surface area contributed by atoms with E-state index in [0.29, 0.717) is 0 Å². The summed E-state index contributed by atoms with van der Waals surface area (Å²) in [5, 5.41) is 14.6. The Balaban J connectivity index is 0.000000572. The van der Waals surface area contributed by atoms with Crippen LogP contribution in [-0.2, 0) is 17.9 Å². The van der Waals surface area contributed by atoms with Crippen molar-refractivity contribution in [3.05, 3.63) is 70.3 Å². The molecule has 0 radical (unpaired) electrons. The predicted molar refractivity (Wildman–Crippen MR) is 119 cm³/mol.